The van der Waals surface area contributed by atoms with Crippen LogP contribution in [0.15, 0.2) is 46.0 Å². The van der Waals surface area contributed by atoms with Gasteiger partial charge in [-0.1, -0.05) is 12.1 Å². The maximum atomic E-state index is 12.9. The monoisotopic (exact) mass is 439 g/mol. The zero-order valence-electron chi connectivity index (χ0n) is 18.1. The highest BCUT2D eigenvalue weighted by molar-refractivity contribution is 5.54. The topological polar surface area (TPSA) is 115 Å². The summed E-state index contributed by atoms with van der Waals surface area (Å²) in [5, 5.41) is 14.5. The molecule has 0 aliphatic carbocycles. The average Bonchev–Trinajstić information content (AvgIpc) is 2.79. The van der Waals surface area contributed by atoms with Crippen LogP contribution in [0.5, 0.6) is 23.1 Å². The van der Waals surface area contributed by atoms with Gasteiger partial charge in [0.1, 0.15) is 5.75 Å². The molecule has 0 amide bonds. The number of nitrogens with one attached hydrogen (secondary N) is 2. The van der Waals surface area contributed by atoms with E-state index in [-0.39, 0.29) is 5.56 Å². The summed E-state index contributed by atoms with van der Waals surface area (Å²) in [6.45, 7) is 2.77. The number of rotatable bonds is 6. The average molecular weight is 439 g/mol. The first-order valence-electron chi connectivity index (χ1n) is 10.3. The van der Waals surface area contributed by atoms with E-state index in [0.29, 0.717) is 42.5 Å². The third-order valence-corrected chi connectivity index (χ3v) is 5.51. The molecule has 0 fully saturated rings. The maximum absolute atomic E-state index is 12.9. The number of aromatic nitrogens is 2. The summed E-state index contributed by atoms with van der Waals surface area (Å²) in [4.78, 5) is 27.9. The molecular weight excluding hydrogens is 414 g/mol. The van der Waals surface area contributed by atoms with Gasteiger partial charge < -0.3 is 24.6 Å². The van der Waals surface area contributed by atoms with Crippen molar-refractivity contribution in [2.45, 2.75) is 19.4 Å². The van der Waals surface area contributed by atoms with E-state index in [0.717, 1.165) is 15.7 Å². The van der Waals surface area contributed by atoms with Crippen molar-refractivity contribution in [3.8, 4) is 28.8 Å². The number of para-hydroxylation sites is 2. The van der Waals surface area contributed by atoms with Gasteiger partial charge in [-0.25, -0.2) is 9.36 Å². The van der Waals surface area contributed by atoms with Crippen molar-refractivity contribution in [2.24, 2.45) is 0 Å². The molecule has 4 rings (SSSR count). The second kappa shape index (κ2) is 8.80. The number of hydrogen-bond donors (Lipinski definition) is 3. The van der Waals surface area contributed by atoms with E-state index in [2.05, 4.69) is 10.3 Å². The summed E-state index contributed by atoms with van der Waals surface area (Å²) in [6, 6.07) is 9.82. The highest BCUT2D eigenvalue weighted by atomic mass is 16.5. The van der Waals surface area contributed by atoms with Crippen molar-refractivity contribution in [1.29, 1.82) is 0 Å². The number of aromatic amines is 1. The van der Waals surface area contributed by atoms with Crippen molar-refractivity contribution in [2.75, 3.05) is 27.4 Å². The molecular formula is C23H25N3O6. The normalized spacial score (nSPS) is 15.2. The number of fused-ring (bicyclic) bond motifs is 1. The van der Waals surface area contributed by atoms with Gasteiger partial charge >= 0.3 is 5.69 Å². The van der Waals surface area contributed by atoms with Crippen LogP contribution < -0.4 is 30.8 Å². The molecule has 9 heteroatoms. The first-order valence-corrected chi connectivity index (χ1v) is 10.3. The van der Waals surface area contributed by atoms with Crippen molar-refractivity contribution >= 4 is 0 Å². The highest BCUT2D eigenvalue weighted by Crippen LogP contribution is 2.38. The summed E-state index contributed by atoms with van der Waals surface area (Å²) < 4.78 is 17.5. The van der Waals surface area contributed by atoms with Crippen LogP contribution in [0, 0.1) is 0 Å². The Morgan fingerprint density at radius 3 is 2.53 bits per heavy atom. The van der Waals surface area contributed by atoms with Crippen LogP contribution in [-0.2, 0) is 6.42 Å². The Bertz CT molecular complexity index is 1260. The van der Waals surface area contributed by atoms with Gasteiger partial charge in [0.25, 0.3) is 5.56 Å². The Morgan fingerprint density at radius 1 is 1.09 bits per heavy atom. The Balaban J connectivity index is 1.94. The lowest BCUT2D eigenvalue weighted by atomic mass is 9.90. The lowest BCUT2D eigenvalue weighted by molar-refractivity contribution is 0.336. The van der Waals surface area contributed by atoms with Gasteiger partial charge in [0.2, 0.25) is 5.88 Å². The zero-order valence-corrected chi connectivity index (χ0v) is 18.1. The van der Waals surface area contributed by atoms with Crippen molar-refractivity contribution in [1.82, 2.24) is 14.9 Å². The molecule has 9 nitrogen and oxygen atoms in total. The Kier molecular flexibility index (Phi) is 5.91. The molecule has 3 aromatic rings. The van der Waals surface area contributed by atoms with Crippen LogP contribution in [0.1, 0.15) is 29.7 Å². The van der Waals surface area contributed by atoms with Crippen LogP contribution in [0.3, 0.4) is 0 Å². The molecule has 0 radical (unpaired) electrons. The molecule has 0 saturated heterocycles. The van der Waals surface area contributed by atoms with Crippen LogP contribution in [0.25, 0.3) is 5.69 Å². The Labute approximate surface area is 184 Å². The fourth-order valence-electron chi connectivity index (χ4n) is 4.08. The predicted molar refractivity (Wildman–Crippen MR) is 119 cm³/mol. The molecule has 0 bridgehead atoms. The number of hydrogen-bond acceptors (Lipinski definition) is 7. The summed E-state index contributed by atoms with van der Waals surface area (Å²) in [7, 11) is 3.09. The molecule has 2 heterocycles. The van der Waals surface area contributed by atoms with Crippen LogP contribution in [0.4, 0.5) is 0 Å². The third kappa shape index (κ3) is 3.60. The summed E-state index contributed by atoms with van der Waals surface area (Å²) in [5.41, 5.74) is 0.655. The number of H-pyrrole nitrogens is 1. The van der Waals surface area contributed by atoms with E-state index in [1.165, 1.54) is 7.11 Å². The van der Waals surface area contributed by atoms with E-state index in [9.17, 15) is 14.7 Å². The molecule has 1 aliphatic rings. The molecule has 32 heavy (non-hydrogen) atoms. The SMILES string of the molecule is CCOc1ccccc1-n1c(O)c([C@H]2NCCc3cc(OC)c(OC)cc32)c(=O)[nH]c1=O. The lowest BCUT2D eigenvalue weighted by Gasteiger charge is -2.28. The van der Waals surface area contributed by atoms with Gasteiger partial charge in [-0.05, 0) is 48.7 Å². The van der Waals surface area contributed by atoms with E-state index in [1.54, 1.807) is 37.4 Å². The van der Waals surface area contributed by atoms with Crippen molar-refractivity contribution in [3.63, 3.8) is 0 Å². The van der Waals surface area contributed by atoms with Gasteiger partial charge in [0, 0.05) is 6.54 Å². The van der Waals surface area contributed by atoms with Crippen molar-refractivity contribution in [3.05, 3.63) is 73.9 Å². The second-order valence-corrected chi connectivity index (χ2v) is 7.28. The molecule has 168 valence electrons. The summed E-state index contributed by atoms with van der Waals surface area (Å²) in [5.74, 6) is 1.05. The second-order valence-electron chi connectivity index (χ2n) is 7.28. The summed E-state index contributed by atoms with van der Waals surface area (Å²) in [6.07, 6.45) is 0.706. The fourth-order valence-corrected chi connectivity index (χ4v) is 4.08. The molecule has 1 aromatic heterocycles. The van der Waals surface area contributed by atoms with Crippen LogP contribution in [-0.4, -0.2) is 42.0 Å². The van der Waals surface area contributed by atoms with Gasteiger partial charge in [-0.3, -0.25) is 9.78 Å². The van der Waals surface area contributed by atoms with Gasteiger partial charge in [-0.15, -0.1) is 0 Å². The largest absolute Gasteiger partial charge is 0.494 e. The third-order valence-electron chi connectivity index (χ3n) is 5.51. The standard InChI is InChI=1S/C23H25N3O6/c1-4-32-16-8-6-5-7-15(16)26-22(28)19(21(27)25-23(26)29)20-14-12-18(31-3)17(30-2)11-13(14)9-10-24-20/h5-8,11-12,20,24,28H,4,9-10H2,1-3H3,(H,25,27,29)/t20-/m0/s1. The van der Waals surface area contributed by atoms with E-state index in [4.69, 9.17) is 14.2 Å². The van der Waals surface area contributed by atoms with Gasteiger partial charge in [-0.2, -0.15) is 0 Å². The zero-order chi connectivity index (χ0) is 22.8. The fraction of sp³-hybridized carbons (Fsp3) is 0.304. The van der Waals surface area contributed by atoms with Gasteiger partial charge in [0.15, 0.2) is 11.5 Å². The van der Waals surface area contributed by atoms with E-state index in [1.807, 2.05) is 13.0 Å². The molecule has 3 N–H and O–H groups in total. The minimum Gasteiger partial charge on any atom is -0.494 e. The number of methoxy groups -OCH3 is 2. The number of nitrogens with zero attached hydrogens (tertiary/aromatic N) is 1. The highest BCUT2D eigenvalue weighted by Gasteiger charge is 2.30. The smallest absolute Gasteiger partial charge is 0.335 e. The molecule has 1 atom stereocenters. The Hall–Kier alpha value is -3.72. The molecule has 1 aliphatic heterocycles. The van der Waals surface area contributed by atoms with Gasteiger partial charge in [0.05, 0.1) is 38.1 Å². The predicted octanol–water partition coefficient (Wildman–Crippen LogP) is 1.88. The van der Waals surface area contributed by atoms with Crippen molar-refractivity contribution < 1.29 is 19.3 Å². The van der Waals surface area contributed by atoms with Crippen LogP contribution in [0.2, 0.25) is 0 Å². The molecule has 0 unspecified atom stereocenters. The minimum atomic E-state index is -0.758. The molecule has 0 saturated carbocycles. The van der Waals surface area contributed by atoms with E-state index < -0.39 is 23.2 Å². The molecule has 0 spiro atoms. The number of ether oxygens (including phenoxy) is 3. The first-order chi connectivity index (χ1) is 15.5. The number of benzene rings is 2. The molecule has 2 aromatic carbocycles. The first kappa shape index (κ1) is 21.5. The number of aromatic hydroxyl groups is 1. The summed E-state index contributed by atoms with van der Waals surface area (Å²) >= 11 is 0. The quantitative estimate of drug-likeness (QED) is 0.537. The van der Waals surface area contributed by atoms with Crippen LogP contribution >= 0.6 is 0 Å². The minimum absolute atomic E-state index is 0.0315. The maximum Gasteiger partial charge on any atom is 0.335 e. The van der Waals surface area contributed by atoms with E-state index >= 15 is 0 Å². The lowest BCUT2D eigenvalue weighted by Crippen LogP contribution is -2.38. The Morgan fingerprint density at radius 2 is 1.81 bits per heavy atom.